The van der Waals surface area contributed by atoms with Crippen LogP contribution in [0.15, 0.2) is 24.3 Å². The highest BCUT2D eigenvalue weighted by atomic mass is 19.4. The zero-order valence-electron chi connectivity index (χ0n) is 13.0. The molecule has 0 fully saturated rings. The van der Waals surface area contributed by atoms with E-state index in [1.807, 2.05) is 0 Å². The lowest BCUT2D eigenvalue weighted by Gasteiger charge is -2.27. The van der Waals surface area contributed by atoms with Crippen LogP contribution in [0, 0.1) is 11.2 Å². The minimum Gasteiger partial charge on any atom is -0.478 e. The Morgan fingerprint density at radius 2 is 1.75 bits per heavy atom. The molecule has 0 saturated carbocycles. The van der Waals surface area contributed by atoms with E-state index in [1.165, 1.54) is 12.1 Å². The van der Waals surface area contributed by atoms with E-state index in [0.29, 0.717) is 0 Å². The van der Waals surface area contributed by atoms with Gasteiger partial charge in [-0.2, -0.15) is 13.2 Å². The Morgan fingerprint density at radius 1 is 1.21 bits per heavy atom. The summed E-state index contributed by atoms with van der Waals surface area (Å²) < 4.78 is 56.0. The highest BCUT2D eigenvalue weighted by Gasteiger charge is 2.48. The van der Waals surface area contributed by atoms with E-state index in [2.05, 4.69) is 5.32 Å². The van der Waals surface area contributed by atoms with Crippen LogP contribution in [0.1, 0.15) is 20.3 Å². The number of carboxylic acids is 1. The Morgan fingerprint density at radius 3 is 2.21 bits per heavy atom. The normalized spacial score (nSPS) is 13.2. The fourth-order valence-corrected chi connectivity index (χ4v) is 1.63. The van der Waals surface area contributed by atoms with Gasteiger partial charge in [-0.1, -0.05) is 13.8 Å². The van der Waals surface area contributed by atoms with Crippen molar-refractivity contribution in [3.05, 3.63) is 30.1 Å². The first-order valence-corrected chi connectivity index (χ1v) is 6.91. The van der Waals surface area contributed by atoms with Crippen LogP contribution in [0.2, 0.25) is 0 Å². The predicted molar refractivity (Wildman–Crippen MR) is 75.9 cm³/mol. The molecule has 5 nitrogen and oxygen atoms in total. The number of hydrogen-bond donors (Lipinski definition) is 2. The average molecular weight is 351 g/mol. The SMILES string of the molecule is CC(C)(CC(=O)NCC(Oc1ccc(F)cc1)C(=O)O)C(F)(F)F. The first-order valence-electron chi connectivity index (χ1n) is 6.91. The van der Waals surface area contributed by atoms with Gasteiger partial charge in [-0.05, 0) is 24.3 Å². The van der Waals surface area contributed by atoms with Crippen molar-refractivity contribution in [2.24, 2.45) is 5.41 Å². The summed E-state index contributed by atoms with van der Waals surface area (Å²) in [6, 6.07) is 4.50. The molecule has 1 rings (SSSR count). The zero-order chi connectivity index (χ0) is 18.5. The maximum Gasteiger partial charge on any atom is 0.394 e. The molecule has 1 unspecified atom stereocenters. The molecule has 1 aromatic rings. The summed E-state index contributed by atoms with van der Waals surface area (Å²) in [5, 5.41) is 11.1. The Labute approximate surface area is 135 Å². The first-order chi connectivity index (χ1) is 10.9. The highest BCUT2D eigenvalue weighted by Crippen LogP contribution is 2.40. The van der Waals surface area contributed by atoms with Crippen LogP contribution in [0.4, 0.5) is 17.6 Å². The number of amides is 1. The van der Waals surface area contributed by atoms with E-state index in [1.54, 1.807) is 0 Å². The standard InChI is InChI=1S/C15H17F4NO4/c1-14(2,15(17,18)19)7-12(21)20-8-11(13(22)23)24-10-5-3-9(16)4-6-10/h3-6,11H,7-8H2,1-2H3,(H,20,21)(H,22,23). The monoisotopic (exact) mass is 351 g/mol. The molecular formula is C15H17F4NO4. The number of ether oxygens (including phenoxy) is 1. The fraction of sp³-hybridized carbons (Fsp3) is 0.467. The third-order valence-corrected chi connectivity index (χ3v) is 3.22. The zero-order valence-corrected chi connectivity index (χ0v) is 13.0. The summed E-state index contributed by atoms with van der Waals surface area (Å²) in [4.78, 5) is 22.7. The van der Waals surface area contributed by atoms with Gasteiger partial charge in [-0.25, -0.2) is 9.18 Å². The van der Waals surface area contributed by atoms with Crippen LogP contribution in [0.25, 0.3) is 0 Å². The van der Waals surface area contributed by atoms with E-state index >= 15 is 0 Å². The van der Waals surface area contributed by atoms with Crippen molar-refractivity contribution < 1.29 is 37.0 Å². The van der Waals surface area contributed by atoms with E-state index in [0.717, 1.165) is 26.0 Å². The number of carbonyl (C=O) groups is 2. The predicted octanol–water partition coefficient (Wildman–Crippen LogP) is 2.75. The Balaban J connectivity index is 2.62. The molecule has 9 heteroatoms. The maximum atomic E-state index is 12.8. The van der Waals surface area contributed by atoms with Gasteiger partial charge in [0.05, 0.1) is 12.0 Å². The number of alkyl halides is 3. The van der Waals surface area contributed by atoms with Crippen molar-refractivity contribution in [2.45, 2.75) is 32.5 Å². The lowest BCUT2D eigenvalue weighted by atomic mass is 9.88. The van der Waals surface area contributed by atoms with Crippen LogP contribution >= 0.6 is 0 Å². The largest absolute Gasteiger partial charge is 0.478 e. The second-order valence-corrected chi connectivity index (χ2v) is 5.76. The van der Waals surface area contributed by atoms with Gasteiger partial charge in [0, 0.05) is 6.42 Å². The number of nitrogens with one attached hydrogen (secondary N) is 1. The number of benzene rings is 1. The fourth-order valence-electron chi connectivity index (χ4n) is 1.63. The van der Waals surface area contributed by atoms with Crippen LogP contribution in [-0.2, 0) is 9.59 Å². The van der Waals surface area contributed by atoms with Crippen LogP contribution in [0.3, 0.4) is 0 Å². The van der Waals surface area contributed by atoms with Gasteiger partial charge in [-0.3, -0.25) is 4.79 Å². The van der Waals surface area contributed by atoms with E-state index in [9.17, 15) is 27.2 Å². The van der Waals surface area contributed by atoms with Gasteiger partial charge in [0.1, 0.15) is 11.6 Å². The molecular weight excluding hydrogens is 334 g/mol. The number of halogens is 4. The lowest BCUT2D eigenvalue weighted by molar-refractivity contribution is -0.213. The second kappa shape index (κ2) is 7.50. The minimum absolute atomic E-state index is 0.0497. The Kier molecular flexibility index (Phi) is 6.16. The molecule has 24 heavy (non-hydrogen) atoms. The molecule has 1 atom stereocenters. The molecule has 0 aliphatic carbocycles. The van der Waals surface area contributed by atoms with Crippen molar-refractivity contribution in [1.82, 2.24) is 5.32 Å². The van der Waals surface area contributed by atoms with Gasteiger partial charge in [0.15, 0.2) is 0 Å². The average Bonchev–Trinajstić information content (AvgIpc) is 2.43. The van der Waals surface area contributed by atoms with Crippen molar-refractivity contribution >= 4 is 11.9 Å². The molecule has 0 bridgehead atoms. The van der Waals surface area contributed by atoms with Crippen LogP contribution in [-0.4, -0.2) is 35.8 Å². The number of aliphatic carboxylic acids is 1. The molecule has 0 aromatic heterocycles. The van der Waals surface area contributed by atoms with Crippen molar-refractivity contribution in [3.8, 4) is 5.75 Å². The molecule has 0 heterocycles. The third kappa shape index (κ3) is 5.71. The van der Waals surface area contributed by atoms with Gasteiger partial charge < -0.3 is 15.2 Å². The van der Waals surface area contributed by atoms with Crippen LogP contribution < -0.4 is 10.1 Å². The Hall–Kier alpha value is -2.32. The molecule has 0 radical (unpaired) electrons. The van der Waals surface area contributed by atoms with E-state index in [-0.39, 0.29) is 5.75 Å². The molecule has 0 aliphatic heterocycles. The second-order valence-electron chi connectivity index (χ2n) is 5.76. The summed E-state index contributed by atoms with van der Waals surface area (Å²) in [5.74, 6) is -2.87. The number of carbonyl (C=O) groups excluding carboxylic acids is 1. The minimum atomic E-state index is -4.57. The smallest absolute Gasteiger partial charge is 0.394 e. The van der Waals surface area contributed by atoms with Crippen molar-refractivity contribution in [2.75, 3.05) is 6.54 Å². The number of rotatable bonds is 7. The number of hydrogen-bond acceptors (Lipinski definition) is 3. The van der Waals surface area contributed by atoms with Gasteiger partial charge in [0.2, 0.25) is 12.0 Å². The molecule has 0 spiro atoms. The summed E-state index contributed by atoms with van der Waals surface area (Å²) in [7, 11) is 0. The van der Waals surface area contributed by atoms with E-state index in [4.69, 9.17) is 9.84 Å². The Bertz CT molecular complexity index is 584. The first kappa shape index (κ1) is 19.7. The molecule has 134 valence electrons. The molecule has 1 aromatic carbocycles. The van der Waals surface area contributed by atoms with Gasteiger partial charge in [-0.15, -0.1) is 0 Å². The van der Waals surface area contributed by atoms with Gasteiger partial charge in [0.25, 0.3) is 0 Å². The van der Waals surface area contributed by atoms with Crippen molar-refractivity contribution in [3.63, 3.8) is 0 Å². The lowest BCUT2D eigenvalue weighted by Crippen LogP contribution is -2.43. The summed E-state index contributed by atoms with van der Waals surface area (Å²) in [5.41, 5.74) is -2.24. The molecule has 0 aliphatic rings. The van der Waals surface area contributed by atoms with Crippen LogP contribution in [0.5, 0.6) is 5.75 Å². The molecule has 0 saturated heterocycles. The maximum absolute atomic E-state index is 12.8. The molecule has 1 amide bonds. The summed E-state index contributed by atoms with van der Waals surface area (Å²) in [6.45, 7) is 1.21. The highest BCUT2D eigenvalue weighted by molar-refractivity contribution is 5.78. The molecule has 2 N–H and O–H groups in total. The topological polar surface area (TPSA) is 75.6 Å². The summed E-state index contributed by atoms with van der Waals surface area (Å²) in [6.07, 6.45) is -6.94. The van der Waals surface area contributed by atoms with E-state index < -0.39 is 48.4 Å². The summed E-state index contributed by atoms with van der Waals surface area (Å²) >= 11 is 0. The quantitative estimate of drug-likeness (QED) is 0.741. The van der Waals surface area contributed by atoms with Crippen molar-refractivity contribution in [1.29, 1.82) is 0 Å². The third-order valence-electron chi connectivity index (χ3n) is 3.22. The van der Waals surface area contributed by atoms with Gasteiger partial charge >= 0.3 is 12.1 Å². The number of carboxylic acid groups (broad SMARTS) is 1.